The van der Waals surface area contributed by atoms with Gasteiger partial charge in [0.2, 0.25) is 15.9 Å². The molecule has 2 rings (SSSR count). The molecule has 0 aliphatic heterocycles. The lowest BCUT2D eigenvalue weighted by atomic mass is 10.2. The Morgan fingerprint density at radius 1 is 1.09 bits per heavy atom. The van der Waals surface area contributed by atoms with E-state index in [-0.39, 0.29) is 23.3 Å². The van der Waals surface area contributed by atoms with E-state index >= 15 is 0 Å². The maximum absolute atomic E-state index is 12.3. The molecule has 0 saturated heterocycles. The van der Waals surface area contributed by atoms with Gasteiger partial charge in [0.05, 0.1) is 25.2 Å². The predicted molar refractivity (Wildman–Crippen MR) is 87.1 cm³/mol. The Kier molecular flexibility index (Phi) is 5.75. The van der Waals surface area contributed by atoms with Crippen LogP contribution in [0, 0.1) is 0 Å². The number of ether oxygens (including phenoxy) is 2. The SMILES string of the molecule is CCOc1ncc(NS(=O)(=O)Cc2ccccc2)c(OCC)n1. The van der Waals surface area contributed by atoms with Gasteiger partial charge in [-0.1, -0.05) is 30.3 Å². The molecule has 1 N–H and O–H groups in total. The molecule has 0 saturated carbocycles. The summed E-state index contributed by atoms with van der Waals surface area (Å²) in [5.41, 5.74) is 0.871. The van der Waals surface area contributed by atoms with Gasteiger partial charge in [-0.05, 0) is 19.4 Å². The number of hydrogen-bond donors (Lipinski definition) is 1. The Morgan fingerprint density at radius 2 is 1.78 bits per heavy atom. The van der Waals surface area contributed by atoms with E-state index < -0.39 is 10.0 Å². The second-order valence-electron chi connectivity index (χ2n) is 4.58. The molecule has 0 spiro atoms. The second-order valence-corrected chi connectivity index (χ2v) is 6.31. The molecule has 0 unspecified atom stereocenters. The van der Waals surface area contributed by atoms with Crippen LogP contribution in [0.3, 0.4) is 0 Å². The highest BCUT2D eigenvalue weighted by Gasteiger charge is 2.17. The van der Waals surface area contributed by atoms with Crippen LogP contribution in [0.4, 0.5) is 5.69 Å². The standard InChI is InChI=1S/C15H19N3O4S/c1-3-21-14-13(10-16-15(17-14)22-4-2)18-23(19,20)11-12-8-6-5-7-9-12/h5-10,18H,3-4,11H2,1-2H3. The lowest BCUT2D eigenvalue weighted by Gasteiger charge is -2.12. The summed E-state index contributed by atoms with van der Waals surface area (Å²) >= 11 is 0. The molecular formula is C15H19N3O4S. The normalized spacial score (nSPS) is 11.0. The highest BCUT2D eigenvalue weighted by Crippen LogP contribution is 2.25. The molecule has 0 aliphatic rings. The van der Waals surface area contributed by atoms with Gasteiger partial charge >= 0.3 is 6.01 Å². The van der Waals surface area contributed by atoms with Gasteiger partial charge in [0.25, 0.3) is 0 Å². The fraction of sp³-hybridized carbons (Fsp3) is 0.333. The Bertz CT molecular complexity index is 736. The molecule has 2 aromatic rings. The van der Waals surface area contributed by atoms with E-state index in [1.807, 2.05) is 6.07 Å². The Morgan fingerprint density at radius 3 is 2.43 bits per heavy atom. The van der Waals surface area contributed by atoms with Crippen LogP contribution in [-0.4, -0.2) is 31.6 Å². The van der Waals surface area contributed by atoms with Crippen molar-refractivity contribution in [3.05, 3.63) is 42.1 Å². The number of rotatable bonds is 8. The van der Waals surface area contributed by atoms with E-state index in [4.69, 9.17) is 9.47 Å². The van der Waals surface area contributed by atoms with Gasteiger partial charge in [-0.25, -0.2) is 13.4 Å². The second kappa shape index (κ2) is 7.77. The molecule has 1 aromatic carbocycles. The third-order valence-electron chi connectivity index (χ3n) is 2.75. The molecule has 124 valence electrons. The van der Waals surface area contributed by atoms with Crippen LogP contribution in [0.25, 0.3) is 0 Å². The lowest BCUT2D eigenvalue weighted by Crippen LogP contribution is -2.16. The van der Waals surface area contributed by atoms with Crippen LogP contribution in [-0.2, 0) is 15.8 Å². The highest BCUT2D eigenvalue weighted by molar-refractivity contribution is 7.91. The first-order chi connectivity index (χ1) is 11.0. The minimum absolute atomic E-state index is 0.141. The number of hydrogen-bond acceptors (Lipinski definition) is 6. The summed E-state index contributed by atoms with van der Waals surface area (Å²) < 4.78 is 37.6. The molecule has 7 nitrogen and oxygen atoms in total. The maximum Gasteiger partial charge on any atom is 0.319 e. The molecule has 0 fully saturated rings. The fourth-order valence-corrected chi connectivity index (χ4v) is 3.04. The molecule has 1 aromatic heterocycles. The predicted octanol–water partition coefficient (Wildman–Crippen LogP) is 2.22. The van der Waals surface area contributed by atoms with Gasteiger partial charge < -0.3 is 9.47 Å². The van der Waals surface area contributed by atoms with Crippen molar-refractivity contribution in [2.75, 3.05) is 17.9 Å². The minimum atomic E-state index is -3.60. The van der Waals surface area contributed by atoms with Crippen LogP contribution >= 0.6 is 0 Å². The van der Waals surface area contributed by atoms with Gasteiger partial charge in [-0.2, -0.15) is 4.98 Å². The van der Waals surface area contributed by atoms with E-state index in [9.17, 15) is 8.42 Å². The van der Waals surface area contributed by atoms with Gasteiger partial charge in [-0.15, -0.1) is 0 Å². The van der Waals surface area contributed by atoms with Crippen molar-refractivity contribution in [1.29, 1.82) is 0 Å². The monoisotopic (exact) mass is 337 g/mol. The van der Waals surface area contributed by atoms with Crippen molar-refractivity contribution in [3.63, 3.8) is 0 Å². The molecule has 8 heteroatoms. The average Bonchev–Trinajstić information content (AvgIpc) is 2.51. The fourth-order valence-electron chi connectivity index (χ4n) is 1.86. The topological polar surface area (TPSA) is 90.4 Å². The molecule has 23 heavy (non-hydrogen) atoms. The number of nitrogens with one attached hydrogen (secondary N) is 1. The number of aromatic nitrogens is 2. The van der Waals surface area contributed by atoms with Crippen molar-refractivity contribution in [3.8, 4) is 11.9 Å². The maximum atomic E-state index is 12.3. The van der Waals surface area contributed by atoms with Crippen molar-refractivity contribution < 1.29 is 17.9 Å². The Labute approximate surface area is 135 Å². The van der Waals surface area contributed by atoms with E-state index in [2.05, 4.69) is 14.7 Å². The van der Waals surface area contributed by atoms with E-state index in [0.717, 1.165) is 0 Å². The highest BCUT2D eigenvalue weighted by atomic mass is 32.2. The molecule has 0 atom stereocenters. The first kappa shape index (κ1) is 17.0. The van der Waals surface area contributed by atoms with Gasteiger partial charge in [0.1, 0.15) is 5.69 Å². The van der Waals surface area contributed by atoms with Crippen LogP contribution in [0.15, 0.2) is 36.5 Å². The number of benzene rings is 1. The zero-order chi connectivity index (χ0) is 16.7. The van der Waals surface area contributed by atoms with Crippen LogP contribution in [0.2, 0.25) is 0 Å². The molecule has 0 amide bonds. The van der Waals surface area contributed by atoms with Crippen molar-refractivity contribution >= 4 is 15.7 Å². The zero-order valence-electron chi connectivity index (χ0n) is 13.0. The van der Waals surface area contributed by atoms with Gasteiger partial charge in [-0.3, -0.25) is 4.72 Å². The lowest BCUT2D eigenvalue weighted by molar-refractivity contribution is 0.290. The summed E-state index contributed by atoms with van der Waals surface area (Å²) in [6.45, 7) is 4.34. The first-order valence-electron chi connectivity index (χ1n) is 7.21. The summed E-state index contributed by atoms with van der Waals surface area (Å²) in [7, 11) is -3.60. The summed E-state index contributed by atoms with van der Waals surface area (Å²) in [4.78, 5) is 8.02. The third-order valence-corrected chi connectivity index (χ3v) is 4.00. The number of nitrogens with zero attached hydrogens (tertiary/aromatic N) is 2. The van der Waals surface area contributed by atoms with E-state index in [0.29, 0.717) is 18.8 Å². The van der Waals surface area contributed by atoms with Gasteiger partial charge in [0.15, 0.2) is 0 Å². The molecule has 0 bridgehead atoms. The van der Waals surface area contributed by atoms with Crippen LogP contribution in [0.5, 0.6) is 11.9 Å². The van der Waals surface area contributed by atoms with E-state index in [1.165, 1.54) is 6.20 Å². The van der Waals surface area contributed by atoms with Crippen LogP contribution < -0.4 is 14.2 Å². The van der Waals surface area contributed by atoms with Crippen molar-refractivity contribution in [2.24, 2.45) is 0 Å². The molecule has 0 aliphatic carbocycles. The first-order valence-corrected chi connectivity index (χ1v) is 8.86. The van der Waals surface area contributed by atoms with Gasteiger partial charge in [0, 0.05) is 0 Å². The quantitative estimate of drug-likeness (QED) is 0.794. The third kappa shape index (κ3) is 5.10. The molecule has 0 radical (unpaired) electrons. The molecular weight excluding hydrogens is 318 g/mol. The number of anilines is 1. The minimum Gasteiger partial charge on any atom is -0.476 e. The summed E-state index contributed by atoms with van der Waals surface area (Å²) in [5.74, 6) is -0.00493. The average molecular weight is 337 g/mol. The smallest absolute Gasteiger partial charge is 0.319 e. The Balaban J connectivity index is 2.20. The largest absolute Gasteiger partial charge is 0.476 e. The summed E-state index contributed by atoms with van der Waals surface area (Å²) in [6, 6.07) is 9.04. The van der Waals surface area contributed by atoms with E-state index in [1.54, 1.807) is 38.1 Å². The number of sulfonamides is 1. The van der Waals surface area contributed by atoms with Crippen molar-refractivity contribution in [2.45, 2.75) is 19.6 Å². The molecule has 1 heterocycles. The Hall–Kier alpha value is -2.35. The van der Waals surface area contributed by atoms with Crippen LogP contribution in [0.1, 0.15) is 19.4 Å². The zero-order valence-corrected chi connectivity index (χ0v) is 13.8. The summed E-state index contributed by atoms with van der Waals surface area (Å²) in [6.07, 6.45) is 1.34. The van der Waals surface area contributed by atoms with Crippen molar-refractivity contribution in [1.82, 2.24) is 9.97 Å². The summed E-state index contributed by atoms with van der Waals surface area (Å²) in [5, 5.41) is 0.